The van der Waals surface area contributed by atoms with Gasteiger partial charge >= 0.3 is 0 Å². The third kappa shape index (κ3) is 4.03. The lowest BCUT2D eigenvalue weighted by Gasteiger charge is -2.39. The molecule has 2 atom stereocenters. The molecule has 2 fully saturated rings. The van der Waals surface area contributed by atoms with Crippen LogP contribution < -0.4 is 9.80 Å². The molecule has 25 heavy (non-hydrogen) atoms. The van der Waals surface area contributed by atoms with Crippen molar-refractivity contribution in [2.24, 2.45) is 5.92 Å². The fourth-order valence-corrected chi connectivity index (χ4v) is 3.65. The second kappa shape index (κ2) is 7.99. The molecule has 2 aliphatic heterocycles. The van der Waals surface area contributed by atoms with Crippen molar-refractivity contribution in [3.8, 4) is 0 Å². The highest BCUT2D eigenvalue weighted by atomic mass is 16.5. The average molecular weight is 347 g/mol. The van der Waals surface area contributed by atoms with Crippen molar-refractivity contribution in [1.82, 2.24) is 14.9 Å². The standard InChI is InChI=1S/C18H29N5O2/c1-4-15-14(6-5-13-25-15)17(24)23-11-9-22(10-12-23)16-7-8-19-18(20-16)21(2)3/h7-8,14-15H,4-6,9-13H2,1-3H3/t14-,15+/m0/s1. The minimum absolute atomic E-state index is 0.0321. The highest BCUT2D eigenvalue weighted by Crippen LogP contribution is 2.26. The van der Waals surface area contributed by atoms with Crippen LogP contribution in [0.2, 0.25) is 0 Å². The van der Waals surface area contributed by atoms with Crippen molar-refractivity contribution in [2.45, 2.75) is 32.3 Å². The summed E-state index contributed by atoms with van der Waals surface area (Å²) in [4.78, 5) is 27.9. The summed E-state index contributed by atoms with van der Waals surface area (Å²) in [6.45, 7) is 5.99. The largest absolute Gasteiger partial charge is 0.377 e. The fraction of sp³-hybridized carbons (Fsp3) is 0.722. The summed E-state index contributed by atoms with van der Waals surface area (Å²) < 4.78 is 5.80. The first-order valence-electron chi connectivity index (χ1n) is 9.26. The maximum absolute atomic E-state index is 12.9. The molecule has 3 rings (SSSR count). The van der Waals surface area contributed by atoms with Crippen LogP contribution in [0.3, 0.4) is 0 Å². The quantitative estimate of drug-likeness (QED) is 0.820. The first-order valence-corrected chi connectivity index (χ1v) is 9.26. The van der Waals surface area contributed by atoms with Gasteiger partial charge in [0.25, 0.3) is 0 Å². The van der Waals surface area contributed by atoms with E-state index in [0.29, 0.717) is 5.95 Å². The molecule has 0 aliphatic carbocycles. The number of aromatic nitrogens is 2. The van der Waals surface area contributed by atoms with Crippen molar-refractivity contribution < 1.29 is 9.53 Å². The van der Waals surface area contributed by atoms with E-state index in [4.69, 9.17) is 4.74 Å². The molecule has 0 bridgehead atoms. The smallest absolute Gasteiger partial charge is 0.228 e. The zero-order valence-electron chi connectivity index (χ0n) is 15.5. The first kappa shape index (κ1) is 17.9. The van der Waals surface area contributed by atoms with Gasteiger partial charge in [0.15, 0.2) is 0 Å². The summed E-state index contributed by atoms with van der Waals surface area (Å²) in [5.41, 5.74) is 0. The molecule has 0 saturated carbocycles. The van der Waals surface area contributed by atoms with Crippen LogP contribution in [0, 0.1) is 5.92 Å². The molecule has 0 unspecified atom stereocenters. The van der Waals surface area contributed by atoms with E-state index in [9.17, 15) is 4.79 Å². The fourth-order valence-electron chi connectivity index (χ4n) is 3.65. The number of hydrogen-bond acceptors (Lipinski definition) is 6. The third-order valence-electron chi connectivity index (χ3n) is 5.10. The number of anilines is 2. The van der Waals surface area contributed by atoms with Gasteiger partial charge in [-0.1, -0.05) is 6.92 Å². The Balaban J connectivity index is 1.60. The second-order valence-electron chi connectivity index (χ2n) is 6.99. The number of amides is 1. The topological polar surface area (TPSA) is 61.8 Å². The van der Waals surface area contributed by atoms with E-state index >= 15 is 0 Å². The second-order valence-corrected chi connectivity index (χ2v) is 6.99. The van der Waals surface area contributed by atoms with Crippen LogP contribution in [0.25, 0.3) is 0 Å². The van der Waals surface area contributed by atoms with Gasteiger partial charge in [-0.05, 0) is 25.3 Å². The van der Waals surface area contributed by atoms with Gasteiger partial charge in [-0.3, -0.25) is 4.79 Å². The summed E-state index contributed by atoms with van der Waals surface area (Å²) in [7, 11) is 3.87. The molecule has 3 heterocycles. The maximum atomic E-state index is 12.9. The Labute approximate surface area is 150 Å². The summed E-state index contributed by atoms with van der Waals surface area (Å²) in [6.07, 6.45) is 4.73. The third-order valence-corrected chi connectivity index (χ3v) is 5.10. The summed E-state index contributed by atoms with van der Waals surface area (Å²) in [5.74, 6) is 1.94. The predicted octanol–water partition coefficient (Wildman–Crippen LogP) is 1.40. The number of carbonyl (C=O) groups is 1. The first-order chi connectivity index (χ1) is 12.1. The highest BCUT2D eigenvalue weighted by Gasteiger charge is 2.34. The van der Waals surface area contributed by atoms with E-state index in [-0.39, 0.29) is 17.9 Å². The molecule has 0 aromatic carbocycles. The lowest BCUT2D eigenvalue weighted by atomic mass is 9.91. The average Bonchev–Trinajstić information content (AvgIpc) is 2.67. The molecule has 0 spiro atoms. The van der Waals surface area contributed by atoms with E-state index < -0.39 is 0 Å². The van der Waals surface area contributed by atoms with Gasteiger partial charge in [-0.2, -0.15) is 4.98 Å². The Kier molecular flexibility index (Phi) is 5.73. The van der Waals surface area contributed by atoms with Crippen molar-refractivity contribution in [2.75, 3.05) is 56.7 Å². The van der Waals surface area contributed by atoms with E-state index in [0.717, 1.165) is 57.9 Å². The Morgan fingerprint density at radius 3 is 2.76 bits per heavy atom. The van der Waals surface area contributed by atoms with E-state index in [2.05, 4.69) is 21.8 Å². The molecule has 138 valence electrons. The van der Waals surface area contributed by atoms with Crippen LogP contribution in [0.4, 0.5) is 11.8 Å². The molecule has 1 aromatic rings. The van der Waals surface area contributed by atoms with Crippen LogP contribution in [0.5, 0.6) is 0 Å². The van der Waals surface area contributed by atoms with Crippen LogP contribution in [-0.4, -0.2) is 73.8 Å². The van der Waals surface area contributed by atoms with Gasteiger partial charge in [0, 0.05) is 53.1 Å². The molecule has 7 nitrogen and oxygen atoms in total. The monoisotopic (exact) mass is 347 g/mol. The number of piperazine rings is 1. The Hall–Kier alpha value is -1.89. The van der Waals surface area contributed by atoms with Crippen molar-refractivity contribution in [3.05, 3.63) is 12.3 Å². The molecule has 0 radical (unpaired) electrons. The summed E-state index contributed by atoms with van der Waals surface area (Å²) >= 11 is 0. The lowest BCUT2D eigenvalue weighted by Crippen LogP contribution is -2.52. The molecule has 7 heteroatoms. The molecular weight excluding hydrogens is 318 g/mol. The van der Waals surface area contributed by atoms with E-state index in [1.54, 1.807) is 6.20 Å². The molecular formula is C18H29N5O2. The predicted molar refractivity (Wildman–Crippen MR) is 97.9 cm³/mol. The molecule has 2 saturated heterocycles. The minimum Gasteiger partial charge on any atom is -0.377 e. The highest BCUT2D eigenvalue weighted by molar-refractivity contribution is 5.80. The van der Waals surface area contributed by atoms with E-state index in [1.807, 2.05) is 30.0 Å². The number of nitrogens with zero attached hydrogens (tertiary/aromatic N) is 5. The zero-order chi connectivity index (χ0) is 17.8. The zero-order valence-corrected chi connectivity index (χ0v) is 15.5. The normalized spacial score (nSPS) is 24.3. The van der Waals surface area contributed by atoms with Gasteiger partial charge in [-0.25, -0.2) is 4.98 Å². The van der Waals surface area contributed by atoms with E-state index in [1.165, 1.54) is 0 Å². The number of ether oxygens (including phenoxy) is 1. The molecule has 2 aliphatic rings. The molecule has 1 amide bonds. The van der Waals surface area contributed by atoms with Crippen LogP contribution in [0.1, 0.15) is 26.2 Å². The Bertz CT molecular complexity index is 587. The minimum atomic E-state index is 0.0321. The van der Waals surface area contributed by atoms with Gasteiger partial charge in [0.1, 0.15) is 5.82 Å². The Morgan fingerprint density at radius 1 is 1.32 bits per heavy atom. The van der Waals surface area contributed by atoms with Gasteiger partial charge in [0.2, 0.25) is 11.9 Å². The van der Waals surface area contributed by atoms with Crippen molar-refractivity contribution in [1.29, 1.82) is 0 Å². The summed E-state index contributed by atoms with van der Waals surface area (Å²) in [5, 5.41) is 0. The number of hydrogen-bond donors (Lipinski definition) is 0. The van der Waals surface area contributed by atoms with Crippen LogP contribution >= 0.6 is 0 Å². The number of carbonyl (C=O) groups excluding carboxylic acids is 1. The SMILES string of the molecule is CC[C@H]1OCCC[C@@H]1C(=O)N1CCN(c2ccnc(N(C)C)n2)CC1. The lowest BCUT2D eigenvalue weighted by molar-refractivity contribution is -0.145. The van der Waals surface area contributed by atoms with Crippen molar-refractivity contribution >= 4 is 17.7 Å². The van der Waals surface area contributed by atoms with Gasteiger partial charge in [0.05, 0.1) is 12.0 Å². The maximum Gasteiger partial charge on any atom is 0.228 e. The van der Waals surface area contributed by atoms with Crippen LogP contribution in [0.15, 0.2) is 12.3 Å². The molecule has 0 N–H and O–H groups in total. The molecule has 1 aromatic heterocycles. The van der Waals surface area contributed by atoms with Crippen LogP contribution in [-0.2, 0) is 9.53 Å². The Morgan fingerprint density at radius 2 is 2.08 bits per heavy atom. The van der Waals surface area contributed by atoms with Crippen molar-refractivity contribution in [3.63, 3.8) is 0 Å². The van der Waals surface area contributed by atoms with Gasteiger partial charge < -0.3 is 19.4 Å². The van der Waals surface area contributed by atoms with Gasteiger partial charge in [-0.15, -0.1) is 0 Å². The number of rotatable bonds is 4. The summed E-state index contributed by atoms with van der Waals surface area (Å²) in [6, 6.07) is 1.94.